The van der Waals surface area contributed by atoms with Gasteiger partial charge in [0.15, 0.2) is 5.78 Å². The van der Waals surface area contributed by atoms with Gasteiger partial charge in [-0.05, 0) is 42.5 Å². The molecule has 152 valence electrons. The molecule has 5 nitrogen and oxygen atoms in total. The highest BCUT2D eigenvalue weighted by atomic mass is 16.1. The summed E-state index contributed by atoms with van der Waals surface area (Å²) < 4.78 is 0. The Labute approximate surface area is 177 Å². The zero-order valence-corrected chi connectivity index (χ0v) is 17.3. The third kappa shape index (κ3) is 3.56. The lowest BCUT2D eigenvalue weighted by Gasteiger charge is -2.36. The number of carbonyl (C=O) groups is 1. The lowest BCUT2D eigenvalue weighted by molar-refractivity contribution is 0.0962. The van der Waals surface area contributed by atoms with Crippen molar-refractivity contribution in [3.05, 3.63) is 83.2 Å². The number of aromatic nitrogens is 2. The highest BCUT2D eigenvalue weighted by Crippen LogP contribution is 2.33. The molecule has 3 aromatic rings. The molecule has 1 aromatic heterocycles. The average Bonchev–Trinajstić information content (AvgIpc) is 2.80. The normalized spacial score (nSPS) is 19.0. The maximum absolute atomic E-state index is 12.8. The number of ketones is 1. The van der Waals surface area contributed by atoms with Crippen LogP contribution in [0, 0.1) is 6.92 Å². The maximum atomic E-state index is 12.8. The van der Waals surface area contributed by atoms with E-state index >= 15 is 0 Å². The number of anilines is 2. The minimum atomic E-state index is 0.157. The second-order valence-electron chi connectivity index (χ2n) is 8.22. The quantitative estimate of drug-likeness (QED) is 0.667. The van der Waals surface area contributed by atoms with Gasteiger partial charge in [-0.1, -0.05) is 42.5 Å². The summed E-state index contributed by atoms with van der Waals surface area (Å²) in [5.41, 5.74) is 5.36. The summed E-state index contributed by atoms with van der Waals surface area (Å²) in [6.45, 7) is 5.75. The molecule has 1 saturated heterocycles. The van der Waals surface area contributed by atoms with Gasteiger partial charge in [0, 0.05) is 44.5 Å². The minimum Gasteiger partial charge on any atom is -0.368 e. The summed E-state index contributed by atoms with van der Waals surface area (Å²) in [4.78, 5) is 26.8. The molecular weight excluding hydrogens is 372 g/mol. The van der Waals surface area contributed by atoms with Crippen LogP contribution in [0.25, 0.3) is 0 Å². The topological polar surface area (TPSA) is 49.3 Å². The van der Waals surface area contributed by atoms with Crippen molar-refractivity contribution in [2.24, 2.45) is 0 Å². The molecule has 1 fully saturated rings. The second kappa shape index (κ2) is 7.90. The monoisotopic (exact) mass is 398 g/mol. The van der Waals surface area contributed by atoms with Gasteiger partial charge < -0.3 is 9.80 Å². The Kier molecular flexibility index (Phi) is 4.95. The average molecular weight is 399 g/mol. The molecule has 0 amide bonds. The van der Waals surface area contributed by atoms with Crippen LogP contribution in [0.3, 0.4) is 0 Å². The van der Waals surface area contributed by atoms with Crippen LogP contribution in [0.15, 0.2) is 60.8 Å². The molecule has 2 heterocycles. The lowest BCUT2D eigenvalue weighted by atomic mass is 9.81. The van der Waals surface area contributed by atoms with Gasteiger partial charge in [-0.3, -0.25) is 4.79 Å². The van der Waals surface area contributed by atoms with Crippen LogP contribution < -0.4 is 9.80 Å². The smallest absolute Gasteiger partial charge is 0.225 e. The first-order valence-electron chi connectivity index (χ1n) is 10.7. The summed E-state index contributed by atoms with van der Waals surface area (Å²) in [6, 6.07) is 18.9. The fourth-order valence-electron chi connectivity index (χ4n) is 4.66. The van der Waals surface area contributed by atoms with Crippen LogP contribution >= 0.6 is 0 Å². The molecule has 30 heavy (non-hydrogen) atoms. The second-order valence-corrected chi connectivity index (χ2v) is 8.22. The number of para-hydroxylation sites is 1. The van der Waals surface area contributed by atoms with E-state index in [2.05, 4.69) is 64.2 Å². The van der Waals surface area contributed by atoms with E-state index < -0.39 is 0 Å². The number of hydrogen-bond donors (Lipinski definition) is 0. The summed E-state index contributed by atoms with van der Waals surface area (Å²) >= 11 is 0. The van der Waals surface area contributed by atoms with Crippen molar-refractivity contribution in [1.29, 1.82) is 0 Å². The summed E-state index contributed by atoms with van der Waals surface area (Å²) in [5.74, 6) is 1.11. The van der Waals surface area contributed by atoms with E-state index in [0.29, 0.717) is 12.0 Å². The Morgan fingerprint density at radius 1 is 0.867 bits per heavy atom. The molecule has 1 aliphatic carbocycles. The first kappa shape index (κ1) is 18.8. The van der Waals surface area contributed by atoms with Crippen LogP contribution in [0.4, 0.5) is 11.6 Å². The summed E-state index contributed by atoms with van der Waals surface area (Å²) in [7, 11) is 0. The van der Waals surface area contributed by atoms with Gasteiger partial charge >= 0.3 is 0 Å². The zero-order chi connectivity index (χ0) is 20.5. The third-order valence-corrected chi connectivity index (χ3v) is 6.34. The number of Topliss-reactive ketones (excluding diaryl/α,β-unsaturated/α-hetero) is 1. The first-order chi connectivity index (χ1) is 14.7. The number of benzene rings is 2. The van der Waals surface area contributed by atoms with Gasteiger partial charge in [-0.15, -0.1) is 0 Å². The van der Waals surface area contributed by atoms with E-state index in [9.17, 15) is 4.79 Å². The Bertz CT molecular complexity index is 1060. The molecule has 0 N–H and O–H groups in total. The van der Waals surface area contributed by atoms with Crippen molar-refractivity contribution in [2.45, 2.75) is 25.7 Å². The van der Waals surface area contributed by atoms with Crippen molar-refractivity contribution in [1.82, 2.24) is 9.97 Å². The molecule has 0 radical (unpaired) electrons. The van der Waals surface area contributed by atoms with Crippen molar-refractivity contribution in [2.75, 3.05) is 36.0 Å². The summed E-state index contributed by atoms with van der Waals surface area (Å²) in [6.07, 6.45) is 3.08. The Morgan fingerprint density at radius 2 is 1.57 bits per heavy atom. The number of piperazine rings is 1. The predicted molar refractivity (Wildman–Crippen MR) is 119 cm³/mol. The Balaban J connectivity index is 1.34. The number of hydrogen-bond acceptors (Lipinski definition) is 5. The lowest BCUT2D eigenvalue weighted by Crippen LogP contribution is -2.47. The largest absolute Gasteiger partial charge is 0.368 e. The SMILES string of the molecule is Cc1ccccc1C1CC(=O)c2cnc(N3CCN(c4ccccc4)CC3)nc2C1. The molecule has 2 aromatic carbocycles. The first-order valence-corrected chi connectivity index (χ1v) is 10.7. The molecule has 5 heteroatoms. The van der Waals surface area contributed by atoms with E-state index in [4.69, 9.17) is 4.98 Å². The van der Waals surface area contributed by atoms with Crippen LogP contribution in [0.5, 0.6) is 0 Å². The zero-order valence-electron chi connectivity index (χ0n) is 17.3. The number of carbonyl (C=O) groups excluding carboxylic acids is 1. The van der Waals surface area contributed by atoms with Gasteiger partial charge in [0.25, 0.3) is 0 Å². The molecule has 0 bridgehead atoms. The molecule has 1 atom stereocenters. The van der Waals surface area contributed by atoms with Crippen molar-refractivity contribution in [3.63, 3.8) is 0 Å². The van der Waals surface area contributed by atoms with Gasteiger partial charge in [0.2, 0.25) is 5.95 Å². The van der Waals surface area contributed by atoms with Crippen LogP contribution in [-0.4, -0.2) is 41.9 Å². The van der Waals surface area contributed by atoms with Crippen LogP contribution in [0.2, 0.25) is 0 Å². The Hall–Kier alpha value is -3.21. The molecule has 5 rings (SSSR count). The van der Waals surface area contributed by atoms with Crippen LogP contribution in [0.1, 0.15) is 39.5 Å². The molecule has 1 unspecified atom stereocenters. The van der Waals surface area contributed by atoms with E-state index in [0.717, 1.165) is 44.2 Å². The molecule has 2 aliphatic rings. The molecule has 1 aliphatic heterocycles. The van der Waals surface area contributed by atoms with Crippen molar-refractivity contribution < 1.29 is 4.79 Å². The van der Waals surface area contributed by atoms with Crippen molar-refractivity contribution >= 4 is 17.4 Å². The maximum Gasteiger partial charge on any atom is 0.225 e. The molecule has 0 saturated carbocycles. The van der Waals surface area contributed by atoms with Gasteiger partial charge in [-0.25, -0.2) is 9.97 Å². The molecule has 0 spiro atoms. The number of nitrogens with zero attached hydrogens (tertiary/aromatic N) is 4. The van der Waals surface area contributed by atoms with Gasteiger partial charge in [0.1, 0.15) is 0 Å². The minimum absolute atomic E-state index is 0.157. The van der Waals surface area contributed by atoms with Crippen molar-refractivity contribution in [3.8, 4) is 0 Å². The third-order valence-electron chi connectivity index (χ3n) is 6.34. The van der Waals surface area contributed by atoms with Gasteiger partial charge in [0.05, 0.1) is 11.3 Å². The van der Waals surface area contributed by atoms with Gasteiger partial charge in [-0.2, -0.15) is 0 Å². The predicted octanol–water partition coefficient (Wildman–Crippen LogP) is 4.02. The van der Waals surface area contributed by atoms with Crippen LogP contribution in [-0.2, 0) is 6.42 Å². The number of aryl methyl sites for hydroxylation is 1. The summed E-state index contributed by atoms with van der Waals surface area (Å²) in [5, 5.41) is 0. The molecular formula is C25H26N4O. The van der Waals surface area contributed by atoms with E-state index in [1.807, 2.05) is 12.1 Å². The fourth-order valence-corrected chi connectivity index (χ4v) is 4.66. The van der Waals surface area contributed by atoms with E-state index in [1.54, 1.807) is 6.20 Å². The highest BCUT2D eigenvalue weighted by molar-refractivity contribution is 5.98. The highest BCUT2D eigenvalue weighted by Gasteiger charge is 2.29. The van der Waals surface area contributed by atoms with E-state index in [-0.39, 0.29) is 11.7 Å². The number of rotatable bonds is 3. The van der Waals surface area contributed by atoms with E-state index in [1.165, 1.54) is 16.8 Å². The fraction of sp³-hybridized carbons (Fsp3) is 0.320. The number of fused-ring (bicyclic) bond motifs is 1. The standard InChI is InChI=1S/C25H26N4O/c1-18-7-5-6-10-21(18)19-15-23-22(24(30)16-19)17-26-25(27-23)29-13-11-28(12-14-29)20-8-3-2-4-9-20/h2-10,17,19H,11-16H2,1H3. The Morgan fingerprint density at radius 3 is 2.33 bits per heavy atom.